The second-order valence-corrected chi connectivity index (χ2v) is 6.56. The molecule has 3 heterocycles. The zero-order valence-electron chi connectivity index (χ0n) is 14.9. The standard InChI is InChI=1S/C19H18N4O4/c1-10-7-11(2)23-19(20-10)17-13(8-15(24)21-18(17)22-23)12-5-3-4-6-14(12)27-9-16(25)26/h3-7,13H,8-9H2,1-2H3,(H,25,26)(H,21,22,24). The van der Waals surface area contributed by atoms with E-state index in [9.17, 15) is 9.59 Å². The molecule has 1 aliphatic rings. The topological polar surface area (TPSA) is 106 Å². The highest BCUT2D eigenvalue weighted by molar-refractivity contribution is 5.96. The number of aromatic nitrogens is 3. The molecule has 0 saturated carbocycles. The Balaban J connectivity index is 1.89. The molecule has 2 N–H and O–H groups in total. The summed E-state index contributed by atoms with van der Waals surface area (Å²) in [6.07, 6.45) is 0.205. The van der Waals surface area contributed by atoms with Gasteiger partial charge < -0.3 is 15.2 Å². The second kappa shape index (κ2) is 6.39. The van der Waals surface area contributed by atoms with Gasteiger partial charge in [-0.05, 0) is 26.0 Å². The Bertz CT molecular complexity index is 1070. The number of nitrogens with zero attached hydrogens (tertiary/aromatic N) is 3. The number of nitrogens with one attached hydrogen (secondary N) is 1. The third-order valence-electron chi connectivity index (χ3n) is 4.57. The minimum Gasteiger partial charge on any atom is -0.482 e. The number of rotatable bonds is 4. The number of aryl methyl sites for hydroxylation is 2. The zero-order valence-corrected chi connectivity index (χ0v) is 14.9. The lowest BCUT2D eigenvalue weighted by atomic mass is 9.86. The molecule has 1 aromatic carbocycles. The highest BCUT2D eigenvalue weighted by Gasteiger charge is 2.34. The van der Waals surface area contributed by atoms with Gasteiger partial charge in [-0.15, -0.1) is 5.10 Å². The SMILES string of the molecule is Cc1cc(C)n2nc3c(c2n1)C(c1ccccc1OCC(=O)O)CC(=O)N3. The van der Waals surface area contributed by atoms with Gasteiger partial charge in [0, 0.05) is 34.9 Å². The summed E-state index contributed by atoms with van der Waals surface area (Å²) < 4.78 is 7.18. The maximum absolute atomic E-state index is 12.3. The summed E-state index contributed by atoms with van der Waals surface area (Å²) in [6, 6.07) is 9.08. The summed E-state index contributed by atoms with van der Waals surface area (Å²) >= 11 is 0. The average molecular weight is 366 g/mol. The molecule has 3 aromatic rings. The number of benzene rings is 1. The number of fused-ring (bicyclic) bond motifs is 3. The smallest absolute Gasteiger partial charge is 0.341 e. The van der Waals surface area contributed by atoms with Crippen LogP contribution >= 0.6 is 0 Å². The first kappa shape index (κ1) is 17.0. The summed E-state index contributed by atoms with van der Waals surface area (Å²) in [5.74, 6) is -0.626. The van der Waals surface area contributed by atoms with Crippen LogP contribution in [-0.2, 0) is 9.59 Å². The van der Waals surface area contributed by atoms with Gasteiger partial charge in [-0.3, -0.25) is 4.79 Å². The molecule has 27 heavy (non-hydrogen) atoms. The van der Waals surface area contributed by atoms with Crippen molar-refractivity contribution < 1.29 is 19.4 Å². The average Bonchev–Trinajstić information content (AvgIpc) is 2.98. The number of para-hydroxylation sites is 1. The predicted molar refractivity (Wildman–Crippen MR) is 97.1 cm³/mol. The summed E-state index contributed by atoms with van der Waals surface area (Å²) in [5.41, 5.74) is 4.00. The number of carbonyl (C=O) groups excluding carboxylic acids is 1. The Hall–Kier alpha value is -3.42. The van der Waals surface area contributed by atoms with Gasteiger partial charge in [-0.25, -0.2) is 14.3 Å². The molecule has 0 bridgehead atoms. The molecule has 0 spiro atoms. The minimum atomic E-state index is -1.06. The molecule has 0 aliphatic carbocycles. The number of hydrogen-bond donors (Lipinski definition) is 2. The molecule has 1 unspecified atom stereocenters. The van der Waals surface area contributed by atoms with Crippen LogP contribution in [0, 0.1) is 13.8 Å². The molecular formula is C19H18N4O4. The Morgan fingerprint density at radius 2 is 2.15 bits per heavy atom. The second-order valence-electron chi connectivity index (χ2n) is 6.56. The molecule has 1 amide bonds. The molecule has 0 radical (unpaired) electrons. The molecular weight excluding hydrogens is 348 g/mol. The Labute approximate surface area is 154 Å². The molecule has 1 atom stereocenters. The van der Waals surface area contributed by atoms with Crippen molar-refractivity contribution in [2.75, 3.05) is 11.9 Å². The van der Waals surface area contributed by atoms with Crippen molar-refractivity contribution in [2.24, 2.45) is 0 Å². The van der Waals surface area contributed by atoms with E-state index in [1.54, 1.807) is 16.6 Å². The molecule has 4 rings (SSSR count). The molecule has 8 heteroatoms. The van der Waals surface area contributed by atoms with E-state index in [1.165, 1.54) is 0 Å². The normalized spacial score (nSPS) is 16.1. The van der Waals surface area contributed by atoms with Crippen molar-refractivity contribution in [2.45, 2.75) is 26.2 Å². The summed E-state index contributed by atoms with van der Waals surface area (Å²) in [7, 11) is 0. The van der Waals surface area contributed by atoms with E-state index in [-0.39, 0.29) is 18.2 Å². The fraction of sp³-hybridized carbons (Fsp3) is 0.263. The number of ether oxygens (including phenoxy) is 1. The number of hydrogen-bond acceptors (Lipinski definition) is 5. The van der Waals surface area contributed by atoms with Crippen LogP contribution in [0.2, 0.25) is 0 Å². The number of carboxylic acids is 1. The molecule has 2 aromatic heterocycles. The van der Waals surface area contributed by atoms with Crippen LogP contribution in [0.1, 0.15) is 34.9 Å². The first-order chi connectivity index (χ1) is 12.9. The van der Waals surface area contributed by atoms with Crippen LogP contribution < -0.4 is 10.1 Å². The molecule has 1 aliphatic heterocycles. The molecule has 8 nitrogen and oxygen atoms in total. The van der Waals surface area contributed by atoms with Crippen LogP contribution in [0.5, 0.6) is 5.75 Å². The van der Waals surface area contributed by atoms with E-state index < -0.39 is 12.6 Å². The van der Waals surface area contributed by atoms with Crippen molar-refractivity contribution in [3.63, 3.8) is 0 Å². The lowest BCUT2D eigenvalue weighted by molar-refractivity contribution is -0.139. The van der Waals surface area contributed by atoms with E-state index in [0.29, 0.717) is 17.2 Å². The minimum absolute atomic E-state index is 0.154. The molecule has 138 valence electrons. The molecule has 0 fully saturated rings. The summed E-state index contributed by atoms with van der Waals surface area (Å²) in [6.45, 7) is 3.39. The lowest BCUT2D eigenvalue weighted by Crippen LogP contribution is -2.23. The van der Waals surface area contributed by atoms with E-state index >= 15 is 0 Å². The van der Waals surface area contributed by atoms with Gasteiger partial charge in [0.15, 0.2) is 18.1 Å². The predicted octanol–water partition coefficient (Wildman–Crippen LogP) is 2.28. The van der Waals surface area contributed by atoms with Crippen LogP contribution in [-0.4, -0.2) is 38.2 Å². The van der Waals surface area contributed by atoms with Gasteiger partial charge in [0.05, 0.1) is 0 Å². The van der Waals surface area contributed by atoms with Crippen molar-refractivity contribution in [3.05, 3.63) is 52.8 Å². The maximum atomic E-state index is 12.3. The van der Waals surface area contributed by atoms with Gasteiger partial charge >= 0.3 is 5.97 Å². The van der Waals surface area contributed by atoms with Crippen molar-refractivity contribution in [1.29, 1.82) is 0 Å². The van der Waals surface area contributed by atoms with Crippen LogP contribution in [0.4, 0.5) is 5.82 Å². The third-order valence-corrected chi connectivity index (χ3v) is 4.57. The van der Waals surface area contributed by atoms with Gasteiger partial charge in [0.1, 0.15) is 5.75 Å². The van der Waals surface area contributed by atoms with Crippen LogP contribution in [0.15, 0.2) is 30.3 Å². The quantitative estimate of drug-likeness (QED) is 0.734. The number of amides is 1. The maximum Gasteiger partial charge on any atom is 0.341 e. The Morgan fingerprint density at radius 3 is 2.93 bits per heavy atom. The van der Waals surface area contributed by atoms with Crippen molar-refractivity contribution >= 4 is 23.3 Å². The zero-order chi connectivity index (χ0) is 19.1. The highest BCUT2D eigenvalue weighted by Crippen LogP contribution is 2.42. The van der Waals surface area contributed by atoms with Crippen LogP contribution in [0.25, 0.3) is 5.65 Å². The molecule has 0 saturated heterocycles. The van der Waals surface area contributed by atoms with Gasteiger partial charge in [0.2, 0.25) is 5.91 Å². The van der Waals surface area contributed by atoms with Crippen molar-refractivity contribution in [1.82, 2.24) is 14.6 Å². The first-order valence-corrected chi connectivity index (χ1v) is 8.54. The summed E-state index contributed by atoms with van der Waals surface area (Å²) in [5, 5.41) is 16.3. The number of carbonyl (C=O) groups is 2. The van der Waals surface area contributed by atoms with E-state index in [4.69, 9.17) is 9.84 Å². The third kappa shape index (κ3) is 2.99. The van der Waals surface area contributed by atoms with E-state index in [1.807, 2.05) is 32.0 Å². The summed E-state index contributed by atoms with van der Waals surface area (Å²) in [4.78, 5) is 27.8. The van der Waals surface area contributed by atoms with E-state index in [2.05, 4.69) is 15.4 Å². The Morgan fingerprint density at radius 1 is 1.37 bits per heavy atom. The van der Waals surface area contributed by atoms with Gasteiger partial charge in [-0.1, -0.05) is 18.2 Å². The number of anilines is 1. The number of carboxylic acid groups (broad SMARTS) is 1. The monoisotopic (exact) mass is 366 g/mol. The number of aliphatic carboxylic acids is 1. The van der Waals surface area contributed by atoms with E-state index in [0.717, 1.165) is 22.5 Å². The highest BCUT2D eigenvalue weighted by atomic mass is 16.5. The van der Waals surface area contributed by atoms with Gasteiger partial charge in [-0.2, -0.15) is 0 Å². The fourth-order valence-electron chi connectivity index (χ4n) is 3.53. The lowest BCUT2D eigenvalue weighted by Gasteiger charge is -2.24. The fourth-order valence-corrected chi connectivity index (χ4v) is 3.53. The van der Waals surface area contributed by atoms with Crippen molar-refractivity contribution in [3.8, 4) is 5.75 Å². The van der Waals surface area contributed by atoms with Crippen LogP contribution in [0.3, 0.4) is 0 Å². The van der Waals surface area contributed by atoms with Gasteiger partial charge in [0.25, 0.3) is 0 Å². The Kier molecular flexibility index (Phi) is 4.02. The largest absolute Gasteiger partial charge is 0.482 e. The first-order valence-electron chi connectivity index (χ1n) is 8.54.